The van der Waals surface area contributed by atoms with Crippen LogP contribution in [0.25, 0.3) is 0 Å². The molecular weight excluding hydrogens is 584 g/mol. The number of thiocarbonyl (C=S) groups is 1. The molecule has 1 aliphatic heterocycles. The Labute approximate surface area is 272 Å². The van der Waals surface area contributed by atoms with E-state index in [0.29, 0.717) is 27.7 Å². The lowest BCUT2D eigenvalue weighted by molar-refractivity contribution is -0.119. The number of hydrogen-bond donors (Lipinski definition) is 2. The first-order valence-electron chi connectivity index (χ1n) is 15.9. The highest BCUT2D eigenvalue weighted by molar-refractivity contribution is 7.80. The predicted octanol–water partition coefficient (Wildman–Crippen LogP) is 7.78. The van der Waals surface area contributed by atoms with Gasteiger partial charge in [0.2, 0.25) is 6.17 Å². The van der Waals surface area contributed by atoms with Gasteiger partial charge in [-0.2, -0.15) is 0 Å². The second-order valence-corrected chi connectivity index (χ2v) is 14.6. The predicted molar refractivity (Wildman–Crippen MR) is 186 cm³/mol. The van der Waals surface area contributed by atoms with E-state index < -0.39 is 6.17 Å². The molecule has 2 aliphatic carbocycles. The van der Waals surface area contributed by atoms with E-state index >= 15 is 0 Å². The molecule has 2 N–H and O–H groups in total. The van der Waals surface area contributed by atoms with Crippen LogP contribution in [0.5, 0.6) is 0 Å². The smallest absolute Gasteiger partial charge is 0.272 e. The first-order chi connectivity index (χ1) is 21.0. The average molecular weight is 627 g/mol. The van der Waals surface area contributed by atoms with Crippen molar-refractivity contribution in [3.8, 4) is 0 Å². The van der Waals surface area contributed by atoms with Gasteiger partial charge in [0.15, 0.2) is 5.11 Å². The Morgan fingerprint density at radius 2 is 1.86 bits per heavy atom. The van der Waals surface area contributed by atoms with Gasteiger partial charge in [0.1, 0.15) is 0 Å². The standard InChI is InChI=1S/C37H43ClN4OS/c1-23(2)25-12-15-29-26(20-25)13-17-31-36(3,18-9-19-37(29,31)4)22-39-35(44)41-33-34(43)42(5)30-16-14-27(38)21-28(30)32(40-33)24-10-7-6-8-11-24/h6-8,10-12,14-16,20-21,23,31,33H,9,13,17-19,22H2,1-5H3,(H2,39,41,44). The molecular formula is C37H43ClN4OS. The molecule has 3 aliphatic rings. The molecule has 5 nitrogen and oxygen atoms in total. The number of hydrogen-bond acceptors (Lipinski definition) is 3. The third-order valence-electron chi connectivity index (χ3n) is 10.5. The van der Waals surface area contributed by atoms with Crippen LogP contribution in [-0.2, 0) is 16.6 Å². The number of amides is 1. The number of nitrogens with zero attached hydrogens (tertiary/aromatic N) is 2. The molecule has 4 atom stereocenters. The SMILES string of the molecule is CC(C)c1ccc2c(c1)CCC1C(C)(CNC(=S)NC3N=C(c4ccccc4)c4cc(Cl)ccc4N(C)C3=O)CCCC21C. The van der Waals surface area contributed by atoms with Crippen molar-refractivity contribution in [3.63, 3.8) is 0 Å². The van der Waals surface area contributed by atoms with Crippen LogP contribution in [0.15, 0.2) is 71.7 Å². The van der Waals surface area contributed by atoms with E-state index in [1.807, 2.05) is 42.5 Å². The van der Waals surface area contributed by atoms with Gasteiger partial charge in [-0.1, -0.05) is 94.2 Å². The van der Waals surface area contributed by atoms with Crippen LogP contribution < -0.4 is 15.5 Å². The van der Waals surface area contributed by atoms with Gasteiger partial charge >= 0.3 is 0 Å². The molecule has 1 fully saturated rings. The molecule has 1 amide bonds. The average Bonchev–Trinajstić information content (AvgIpc) is 3.10. The third-order valence-corrected chi connectivity index (χ3v) is 11.0. The van der Waals surface area contributed by atoms with Gasteiger partial charge in [0.05, 0.1) is 11.4 Å². The minimum absolute atomic E-state index is 0.0723. The summed E-state index contributed by atoms with van der Waals surface area (Å²) in [5.41, 5.74) is 7.93. The molecule has 0 bridgehead atoms. The second-order valence-electron chi connectivity index (χ2n) is 13.7. The minimum Gasteiger partial charge on any atom is -0.362 e. The van der Waals surface area contributed by atoms with Crippen molar-refractivity contribution in [1.82, 2.24) is 10.6 Å². The number of likely N-dealkylation sites (N-methyl/N-ethyl adjacent to an activating group) is 1. The van der Waals surface area contributed by atoms with E-state index in [2.05, 4.69) is 56.5 Å². The highest BCUT2D eigenvalue weighted by Gasteiger charge is 2.51. The lowest BCUT2D eigenvalue weighted by Crippen LogP contribution is -2.55. The van der Waals surface area contributed by atoms with Gasteiger partial charge in [-0.3, -0.25) is 4.79 Å². The van der Waals surface area contributed by atoms with E-state index in [0.717, 1.165) is 36.2 Å². The van der Waals surface area contributed by atoms with Crippen LogP contribution in [-0.4, -0.2) is 36.5 Å². The molecule has 0 spiro atoms. The summed E-state index contributed by atoms with van der Waals surface area (Å²) in [7, 11) is 1.78. The van der Waals surface area contributed by atoms with Gasteiger partial charge < -0.3 is 15.5 Å². The summed E-state index contributed by atoms with van der Waals surface area (Å²) in [6.45, 7) is 10.2. The van der Waals surface area contributed by atoms with E-state index in [4.69, 9.17) is 28.8 Å². The van der Waals surface area contributed by atoms with Crippen molar-refractivity contribution in [1.29, 1.82) is 0 Å². The van der Waals surface area contributed by atoms with Gasteiger partial charge in [-0.15, -0.1) is 0 Å². The zero-order valence-corrected chi connectivity index (χ0v) is 28.0. The number of benzodiazepines with no additional fused rings is 1. The molecule has 7 heteroatoms. The molecule has 0 radical (unpaired) electrons. The third kappa shape index (κ3) is 5.56. The zero-order valence-electron chi connectivity index (χ0n) is 26.4. The fourth-order valence-corrected chi connectivity index (χ4v) is 8.49. The second kappa shape index (κ2) is 11.9. The number of halogens is 1. The lowest BCUT2D eigenvalue weighted by atomic mass is 9.49. The van der Waals surface area contributed by atoms with E-state index in [1.165, 1.54) is 30.4 Å². The maximum atomic E-state index is 13.7. The number of carbonyl (C=O) groups excluding carboxylic acids is 1. The molecule has 6 rings (SSSR count). The van der Waals surface area contributed by atoms with Crippen LogP contribution in [0.2, 0.25) is 5.02 Å². The number of rotatable bonds is 5. The summed E-state index contributed by atoms with van der Waals surface area (Å²) in [6.07, 6.45) is 4.99. The molecule has 0 saturated heterocycles. The minimum atomic E-state index is -0.873. The van der Waals surface area contributed by atoms with E-state index in [1.54, 1.807) is 23.6 Å². The van der Waals surface area contributed by atoms with Crippen LogP contribution in [0, 0.1) is 11.3 Å². The van der Waals surface area contributed by atoms with E-state index in [9.17, 15) is 4.79 Å². The quantitative estimate of drug-likeness (QED) is 0.284. The number of benzene rings is 3. The lowest BCUT2D eigenvalue weighted by Gasteiger charge is -2.55. The first-order valence-corrected chi connectivity index (χ1v) is 16.7. The molecule has 3 aromatic rings. The summed E-state index contributed by atoms with van der Waals surface area (Å²) < 4.78 is 0. The molecule has 44 heavy (non-hydrogen) atoms. The van der Waals surface area contributed by atoms with Gasteiger partial charge in [0, 0.05) is 29.7 Å². The number of anilines is 1. The van der Waals surface area contributed by atoms with Crippen molar-refractivity contribution in [2.45, 2.75) is 77.3 Å². The van der Waals surface area contributed by atoms with E-state index in [-0.39, 0.29) is 16.7 Å². The molecule has 4 unspecified atom stereocenters. The van der Waals surface area contributed by atoms with Crippen molar-refractivity contribution < 1.29 is 4.79 Å². The number of aliphatic imine (C=N–C) groups is 1. The van der Waals surface area contributed by atoms with Crippen molar-refractivity contribution in [3.05, 3.63) is 99.6 Å². The highest BCUT2D eigenvalue weighted by atomic mass is 35.5. The number of fused-ring (bicyclic) bond motifs is 4. The Kier molecular flexibility index (Phi) is 8.36. The monoisotopic (exact) mass is 626 g/mol. The summed E-state index contributed by atoms with van der Waals surface area (Å²) in [5, 5.41) is 7.85. The Morgan fingerprint density at radius 1 is 1.09 bits per heavy atom. The highest BCUT2D eigenvalue weighted by Crippen LogP contribution is 2.57. The molecule has 3 aromatic carbocycles. The van der Waals surface area contributed by atoms with Crippen molar-refractivity contribution in [2.24, 2.45) is 16.3 Å². The van der Waals surface area contributed by atoms with Crippen molar-refractivity contribution in [2.75, 3.05) is 18.5 Å². The molecule has 230 valence electrons. The summed E-state index contributed by atoms with van der Waals surface area (Å²) in [5.74, 6) is 0.911. The maximum Gasteiger partial charge on any atom is 0.272 e. The Bertz CT molecular complexity index is 1620. The largest absolute Gasteiger partial charge is 0.362 e. The van der Waals surface area contributed by atoms with Crippen LogP contribution in [0.4, 0.5) is 5.69 Å². The first kappa shape index (κ1) is 30.8. The number of aryl methyl sites for hydroxylation is 1. The fraction of sp³-hybridized carbons (Fsp3) is 0.432. The van der Waals surface area contributed by atoms with Gasteiger partial charge in [-0.05, 0) is 95.5 Å². The van der Waals surface area contributed by atoms with Crippen molar-refractivity contribution >= 4 is 46.2 Å². The summed E-state index contributed by atoms with van der Waals surface area (Å²) in [4.78, 5) is 20.3. The van der Waals surface area contributed by atoms with Gasteiger partial charge in [-0.25, -0.2) is 4.99 Å². The maximum absolute atomic E-state index is 13.7. The van der Waals surface area contributed by atoms with Gasteiger partial charge in [0.25, 0.3) is 5.91 Å². The summed E-state index contributed by atoms with van der Waals surface area (Å²) in [6, 6.07) is 22.7. The zero-order chi connectivity index (χ0) is 31.2. The Hall–Kier alpha value is -3.22. The fourth-order valence-electron chi connectivity index (χ4n) is 8.14. The molecule has 1 heterocycles. The Morgan fingerprint density at radius 3 is 2.61 bits per heavy atom. The number of carbonyl (C=O) groups is 1. The molecule has 0 aromatic heterocycles. The van der Waals surface area contributed by atoms with Crippen LogP contribution >= 0.6 is 23.8 Å². The Balaban J connectivity index is 1.22. The summed E-state index contributed by atoms with van der Waals surface area (Å²) >= 11 is 12.3. The topological polar surface area (TPSA) is 56.7 Å². The normalized spacial score (nSPS) is 26.2. The number of nitrogens with one attached hydrogen (secondary N) is 2. The van der Waals surface area contributed by atoms with Crippen LogP contribution in [0.1, 0.15) is 87.1 Å². The van der Waals surface area contributed by atoms with Crippen LogP contribution in [0.3, 0.4) is 0 Å². The molecule has 1 saturated carbocycles.